The topological polar surface area (TPSA) is 42.0 Å². The summed E-state index contributed by atoms with van der Waals surface area (Å²) in [4.78, 5) is 16.8. The Morgan fingerprint density at radius 1 is 1.29 bits per heavy atom. The molecular formula is C13H14N2OS. The van der Waals surface area contributed by atoms with Gasteiger partial charge in [0.25, 0.3) is 0 Å². The molecule has 3 nitrogen and oxygen atoms in total. The molecule has 4 heteroatoms. The van der Waals surface area contributed by atoms with Crippen LogP contribution in [0.1, 0.15) is 13.8 Å². The summed E-state index contributed by atoms with van der Waals surface area (Å²) >= 11 is 1.49. The Morgan fingerprint density at radius 2 is 2.00 bits per heavy atom. The maximum atomic E-state index is 11.5. The predicted molar refractivity (Wildman–Crippen MR) is 71.0 cm³/mol. The van der Waals surface area contributed by atoms with Gasteiger partial charge in [-0.3, -0.25) is 4.79 Å². The molecule has 0 bridgehead atoms. The zero-order chi connectivity index (χ0) is 12.3. The van der Waals surface area contributed by atoms with Crippen molar-refractivity contribution < 1.29 is 4.79 Å². The third-order valence-corrected chi connectivity index (χ3v) is 3.28. The van der Waals surface area contributed by atoms with Crippen molar-refractivity contribution in [3.8, 4) is 10.4 Å². The molecule has 1 heterocycles. The van der Waals surface area contributed by atoms with Crippen LogP contribution in [0.3, 0.4) is 0 Å². The van der Waals surface area contributed by atoms with Crippen LogP contribution >= 0.6 is 11.3 Å². The van der Waals surface area contributed by atoms with Crippen molar-refractivity contribution in [3.63, 3.8) is 0 Å². The molecule has 17 heavy (non-hydrogen) atoms. The van der Waals surface area contributed by atoms with Gasteiger partial charge in [0.1, 0.15) is 0 Å². The van der Waals surface area contributed by atoms with Gasteiger partial charge in [-0.15, -0.1) is 0 Å². The van der Waals surface area contributed by atoms with E-state index in [1.165, 1.54) is 11.3 Å². The molecule has 2 rings (SSSR count). The minimum atomic E-state index is -0.0286. The van der Waals surface area contributed by atoms with Gasteiger partial charge in [-0.25, -0.2) is 4.98 Å². The second kappa shape index (κ2) is 5.10. The van der Waals surface area contributed by atoms with Crippen LogP contribution in [0.2, 0.25) is 0 Å². The summed E-state index contributed by atoms with van der Waals surface area (Å²) in [5.41, 5.74) is 1.12. The van der Waals surface area contributed by atoms with Gasteiger partial charge in [0.05, 0.1) is 4.88 Å². The number of thiazole rings is 1. The van der Waals surface area contributed by atoms with Crippen LogP contribution in [0.15, 0.2) is 36.5 Å². The molecule has 1 amide bonds. The van der Waals surface area contributed by atoms with Crippen molar-refractivity contribution >= 4 is 22.4 Å². The molecule has 0 unspecified atom stereocenters. The molecule has 0 spiro atoms. The van der Waals surface area contributed by atoms with E-state index in [-0.39, 0.29) is 11.8 Å². The van der Waals surface area contributed by atoms with Gasteiger partial charge in [-0.1, -0.05) is 55.5 Å². The number of hydrogen-bond donors (Lipinski definition) is 1. The smallest absolute Gasteiger partial charge is 0.228 e. The van der Waals surface area contributed by atoms with Crippen LogP contribution in [0.25, 0.3) is 10.4 Å². The lowest BCUT2D eigenvalue weighted by Crippen LogP contribution is -2.17. The lowest BCUT2D eigenvalue weighted by atomic mass is 10.2. The van der Waals surface area contributed by atoms with E-state index in [1.807, 2.05) is 44.2 Å². The third kappa shape index (κ3) is 2.91. The summed E-state index contributed by atoms with van der Waals surface area (Å²) in [6.45, 7) is 3.72. The van der Waals surface area contributed by atoms with E-state index < -0.39 is 0 Å². The monoisotopic (exact) mass is 246 g/mol. The Morgan fingerprint density at radius 3 is 2.65 bits per heavy atom. The van der Waals surface area contributed by atoms with E-state index >= 15 is 0 Å². The van der Waals surface area contributed by atoms with Crippen molar-refractivity contribution in [1.82, 2.24) is 4.98 Å². The predicted octanol–water partition coefficient (Wildman–Crippen LogP) is 3.40. The molecule has 0 aliphatic carbocycles. The molecule has 1 aromatic heterocycles. The highest BCUT2D eigenvalue weighted by molar-refractivity contribution is 7.19. The highest BCUT2D eigenvalue weighted by atomic mass is 32.1. The summed E-state index contributed by atoms with van der Waals surface area (Å²) in [7, 11) is 0. The highest BCUT2D eigenvalue weighted by Crippen LogP contribution is 2.28. The van der Waals surface area contributed by atoms with Crippen LogP contribution in [0.5, 0.6) is 0 Å². The fraction of sp³-hybridized carbons (Fsp3) is 0.231. The van der Waals surface area contributed by atoms with E-state index in [0.717, 1.165) is 10.4 Å². The van der Waals surface area contributed by atoms with Gasteiger partial charge >= 0.3 is 0 Å². The molecule has 0 aliphatic rings. The summed E-state index contributed by atoms with van der Waals surface area (Å²) in [6.07, 6.45) is 1.79. The zero-order valence-corrected chi connectivity index (χ0v) is 10.6. The Kier molecular flexibility index (Phi) is 3.54. The minimum Gasteiger partial charge on any atom is -0.302 e. The number of nitrogens with zero attached hydrogens (tertiary/aromatic N) is 1. The molecule has 0 fully saturated rings. The standard InChI is InChI=1S/C13H14N2OS/c1-9(2)12(16)15-13-14-8-11(17-13)10-6-4-3-5-7-10/h3-9H,1-2H3,(H,14,15,16). The molecule has 1 N–H and O–H groups in total. The van der Waals surface area contributed by atoms with Gasteiger partial charge in [0.2, 0.25) is 5.91 Å². The number of carbonyl (C=O) groups excluding carboxylic acids is 1. The molecule has 0 saturated carbocycles. The van der Waals surface area contributed by atoms with Crippen molar-refractivity contribution in [3.05, 3.63) is 36.5 Å². The maximum absolute atomic E-state index is 11.5. The molecule has 0 radical (unpaired) electrons. The van der Waals surface area contributed by atoms with Crippen LogP contribution < -0.4 is 5.32 Å². The molecule has 0 atom stereocenters. The summed E-state index contributed by atoms with van der Waals surface area (Å²) < 4.78 is 0. The van der Waals surface area contributed by atoms with E-state index in [0.29, 0.717) is 5.13 Å². The summed E-state index contributed by atoms with van der Waals surface area (Å²) in [5.74, 6) is -0.0296. The number of hydrogen-bond acceptors (Lipinski definition) is 3. The molecule has 1 aromatic carbocycles. The van der Waals surface area contributed by atoms with Crippen LogP contribution in [-0.4, -0.2) is 10.9 Å². The van der Waals surface area contributed by atoms with E-state index in [2.05, 4.69) is 10.3 Å². The maximum Gasteiger partial charge on any atom is 0.228 e. The van der Waals surface area contributed by atoms with Crippen molar-refractivity contribution in [2.45, 2.75) is 13.8 Å². The number of nitrogens with one attached hydrogen (secondary N) is 1. The van der Waals surface area contributed by atoms with Crippen LogP contribution in [0, 0.1) is 5.92 Å². The average Bonchev–Trinajstić information content (AvgIpc) is 2.78. The first-order chi connectivity index (χ1) is 8.16. The number of rotatable bonds is 3. The molecule has 0 saturated heterocycles. The Balaban J connectivity index is 2.14. The molecular weight excluding hydrogens is 232 g/mol. The third-order valence-electron chi connectivity index (χ3n) is 2.32. The second-order valence-electron chi connectivity index (χ2n) is 4.04. The lowest BCUT2D eigenvalue weighted by Gasteiger charge is -2.03. The lowest BCUT2D eigenvalue weighted by molar-refractivity contribution is -0.118. The Bertz CT molecular complexity index is 505. The number of benzene rings is 1. The van der Waals surface area contributed by atoms with Crippen LogP contribution in [-0.2, 0) is 4.79 Å². The molecule has 2 aromatic rings. The van der Waals surface area contributed by atoms with E-state index in [9.17, 15) is 4.79 Å². The minimum absolute atomic E-state index is 0.000961. The Labute approximate surface area is 105 Å². The van der Waals surface area contributed by atoms with E-state index in [1.54, 1.807) is 6.20 Å². The average molecular weight is 246 g/mol. The summed E-state index contributed by atoms with van der Waals surface area (Å²) in [5, 5.41) is 3.46. The number of aromatic nitrogens is 1. The first kappa shape index (κ1) is 11.8. The normalized spacial score (nSPS) is 10.5. The van der Waals surface area contributed by atoms with Gasteiger partial charge < -0.3 is 5.32 Å². The van der Waals surface area contributed by atoms with E-state index in [4.69, 9.17) is 0 Å². The van der Waals surface area contributed by atoms with Crippen molar-refractivity contribution in [1.29, 1.82) is 0 Å². The van der Waals surface area contributed by atoms with Gasteiger partial charge in [0, 0.05) is 12.1 Å². The second-order valence-corrected chi connectivity index (χ2v) is 5.07. The van der Waals surface area contributed by atoms with Gasteiger partial charge in [-0.2, -0.15) is 0 Å². The zero-order valence-electron chi connectivity index (χ0n) is 9.81. The highest BCUT2D eigenvalue weighted by Gasteiger charge is 2.10. The molecule has 0 aliphatic heterocycles. The fourth-order valence-corrected chi connectivity index (χ4v) is 2.14. The quantitative estimate of drug-likeness (QED) is 0.901. The van der Waals surface area contributed by atoms with Gasteiger partial charge in [0.15, 0.2) is 5.13 Å². The van der Waals surface area contributed by atoms with Crippen molar-refractivity contribution in [2.24, 2.45) is 5.92 Å². The summed E-state index contributed by atoms with van der Waals surface area (Å²) in [6, 6.07) is 10.0. The first-order valence-corrected chi connectivity index (χ1v) is 6.30. The number of amides is 1. The van der Waals surface area contributed by atoms with Gasteiger partial charge in [-0.05, 0) is 5.56 Å². The number of anilines is 1. The first-order valence-electron chi connectivity index (χ1n) is 5.49. The van der Waals surface area contributed by atoms with Crippen LogP contribution in [0.4, 0.5) is 5.13 Å². The largest absolute Gasteiger partial charge is 0.302 e. The fourth-order valence-electron chi connectivity index (χ4n) is 1.32. The Hall–Kier alpha value is -1.68. The molecule has 88 valence electrons. The van der Waals surface area contributed by atoms with Crippen molar-refractivity contribution in [2.75, 3.05) is 5.32 Å². The SMILES string of the molecule is CC(C)C(=O)Nc1ncc(-c2ccccc2)s1. The number of carbonyl (C=O) groups is 1.